The molecule has 2 amide bonds. The van der Waals surface area contributed by atoms with Crippen LogP contribution in [0.1, 0.15) is 44.1 Å². The Kier molecular flexibility index (Phi) is 4.51. The molecule has 2 aliphatic carbocycles. The van der Waals surface area contributed by atoms with Gasteiger partial charge in [-0.1, -0.05) is 31.6 Å². The topological polar surface area (TPSA) is 58.2 Å². The molecule has 0 heterocycles. The Morgan fingerprint density at radius 2 is 1.83 bits per heavy atom. The number of hydrogen-bond acceptors (Lipinski definition) is 2. The normalized spacial score (nSPS) is 19.1. The molecular formula is C19H24N2O2. The zero-order valence-electron chi connectivity index (χ0n) is 13.4. The van der Waals surface area contributed by atoms with Crippen LogP contribution in [0.3, 0.4) is 0 Å². The fraction of sp³-hybridized carbons (Fsp3) is 0.474. The van der Waals surface area contributed by atoms with E-state index in [1.807, 2.05) is 24.3 Å². The lowest BCUT2D eigenvalue weighted by atomic mass is 9.95. The Hall–Kier alpha value is -2.10. The van der Waals surface area contributed by atoms with E-state index in [0.717, 1.165) is 18.4 Å². The zero-order chi connectivity index (χ0) is 16.3. The Morgan fingerprint density at radius 3 is 2.39 bits per heavy atom. The first-order valence-corrected chi connectivity index (χ1v) is 8.45. The molecule has 0 atom stereocenters. The molecule has 0 aliphatic heterocycles. The van der Waals surface area contributed by atoms with E-state index in [1.54, 1.807) is 0 Å². The summed E-state index contributed by atoms with van der Waals surface area (Å²) >= 11 is 0. The van der Waals surface area contributed by atoms with Crippen molar-refractivity contribution in [1.82, 2.24) is 5.32 Å². The average molecular weight is 312 g/mol. The minimum atomic E-state index is -0.234. The standard InChI is InChI=1S/C19H24N2O2/c1-2-17(22)20-16-9-7-14(8-10-16)13-18(23)21-19(11-12-19)15-5-3-4-6-15/h2,7-10,15H,1,3-6,11-13H2,(H,20,22)(H,21,23). The van der Waals surface area contributed by atoms with Crippen LogP contribution in [-0.2, 0) is 16.0 Å². The predicted octanol–water partition coefficient (Wildman–Crippen LogP) is 3.19. The van der Waals surface area contributed by atoms with Gasteiger partial charge in [-0.25, -0.2) is 0 Å². The minimum absolute atomic E-state index is 0.103. The van der Waals surface area contributed by atoms with Gasteiger partial charge in [0.1, 0.15) is 0 Å². The van der Waals surface area contributed by atoms with Crippen LogP contribution >= 0.6 is 0 Å². The van der Waals surface area contributed by atoms with Crippen molar-refractivity contribution in [3.63, 3.8) is 0 Å². The van der Waals surface area contributed by atoms with Crippen LogP contribution in [0.4, 0.5) is 5.69 Å². The first kappa shape index (κ1) is 15.8. The van der Waals surface area contributed by atoms with Gasteiger partial charge in [-0.05, 0) is 55.4 Å². The van der Waals surface area contributed by atoms with Crippen molar-refractivity contribution in [3.05, 3.63) is 42.5 Å². The van der Waals surface area contributed by atoms with Crippen molar-refractivity contribution in [2.45, 2.75) is 50.5 Å². The van der Waals surface area contributed by atoms with Gasteiger partial charge in [0.25, 0.3) is 0 Å². The molecule has 122 valence electrons. The molecule has 0 saturated heterocycles. The summed E-state index contributed by atoms with van der Waals surface area (Å²) < 4.78 is 0. The lowest BCUT2D eigenvalue weighted by molar-refractivity contribution is -0.121. The summed E-state index contributed by atoms with van der Waals surface area (Å²) in [5, 5.41) is 5.99. The number of rotatable bonds is 6. The largest absolute Gasteiger partial charge is 0.350 e. The quantitative estimate of drug-likeness (QED) is 0.793. The summed E-state index contributed by atoms with van der Waals surface area (Å²) in [5.41, 5.74) is 1.77. The minimum Gasteiger partial charge on any atom is -0.350 e. The van der Waals surface area contributed by atoms with Crippen molar-refractivity contribution in [2.75, 3.05) is 5.32 Å². The van der Waals surface area contributed by atoms with Crippen LogP contribution in [0.25, 0.3) is 0 Å². The molecule has 2 fully saturated rings. The van der Waals surface area contributed by atoms with E-state index in [4.69, 9.17) is 0 Å². The fourth-order valence-corrected chi connectivity index (χ4v) is 3.65. The third-order valence-electron chi connectivity index (χ3n) is 5.09. The van der Waals surface area contributed by atoms with Gasteiger partial charge in [-0.15, -0.1) is 0 Å². The van der Waals surface area contributed by atoms with Crippen molar-refractivity contribution in [1.29, 1.82) is 0 Å². The molecule has 4 heteroatoms. The number of benzene rings is 1. The van der Waals surface area contributed by atoms with Gasteiger partial charge in [0.2, 0.25) is 11.8 Å². The van der Waals surface area contributed by atoms with Crippen molar-refractivity contribution in [2.24, 2.45) is 5.92 Å². The van der Waals surface area contributed by atoms with Crippen LogP contribution < -0.4 is 10.6 Å². The predicted molar refractivity (Wildman–Crippen MR) is 91.0 cm³/mol. The van der Waals surface area contributed by atoms with Gasteiger partial charge >= 0.3 is 0 Å². The molecule has 2 N–H and O–H groups in total. The lowest BCUT2D eigenvalue weighted by Gasteiger charge is -2.24. The third-order valence-corrected chi connectivity index (χ3v) is 5.09. The summed E-state index contributed by atoms with van der Waals surface area (Å²) in [6, 6.07) is 7.39. The first-order valence-electron chi connectivity index (χ1n) is 8.45. The van der Waals surface area contributed by atoms with E-state index < -0.39 is 0 Å². The van der Waals surface area contributed by atoms with E-state index in [0.29, 0.717) is 18.0 Å². The number of carbonyl (C=O) groups excluding carboxylic acids is 2. The Bertz CT molecular complexity index is 596. The molecule has 0 aromatic heterocycles. The highest BCUT2D eigenvalue weighted by Crippen LogP contribution is 2.49. The Labute approximate surface area is 137 Å². The molecule has 4 nitrogen and oxygen atoms in total. The van der Waals surface area contributed by atoms with Crippen LogP contribution in [0.15, 0.2) is 36.9 Å². The Morgan fingerprint density at radius 1 is 1.17 bits per heavy atom. The van der Waals surface area contributed by atoms with Crippen LogP contribution in [0, 0.1) is 5.92 Å². The molecule has 0 unspecified atom stereocenters. The molecule has 2 saturated carbocycles. The van der Waals surface area contributed by atoms with Gasteiger partial charge in [0.05, 0.1) is 6.42 Å². The van der Waals surface area contributed by atoms with E-state index in [2.05, 4.69) is 17.2 Å². The SMILES string of the molecule is C=CC(=O)Nc1ccc(CC(=O)NC2(C3CCCC3)CC2)cc1. The highest BCUT2D eigenvalue weighted by Gasteiger charge is 2.50. The van der Waals surface area contributed by atoms with E-state index in [1.165, 1.54) is 31.8 Å². The highest BCUT2D eigenvalue weighted by molar-refractivity contribution is 5.98. The second-order valence-corrected chi connectivity index (χ2v) is 6.75. The van der Waals surface area contributed by atoms with E-state index >= 15 is 0 Å². The number of nitrogens with one attached hydrogen (secondary N) is 2. The maximum atomic E-state index is 12.3. The maximum Gasteiger partial charge on any atom is 0.247 e. The van der Waals surface area contributed by atoms with Crippen molar-refractivity contribution in [3.8, 4) is 0 Å². The van der Waals surface area contributed by atoms with Crippen LogP contribution in [0.5, 0.6) is 0 Å². The van der Waals surface area contributed by atoms with Crippen LogP contribution in [0.2, 0.25) is 0 Å². The van der Waals surface area contributed by atoms with Crippen LogP contribution in [-0.4, -0.2) is 17.4 Å². The summed E-state index contributed by atoms with van der Waals surface area (Å²) in [6.45, 7) is 3.42. The van der Waals surface area contributed by atoms with Gasteiger partial charge in [-0.3, -0.25) is 9.59 Å². The van der Waals surface area contributed by atoms with Gasteiger partial charge < -0.3 is 10.6 Å². The second kappa shape index (κ2) is 6.57. The fourth-order valence-electron chi connectivity index (χ4n) is 3.65. The smallest absolute Gasteiger partial charge is 0.247 e. The van der Waals surface area contributed by atoms with Gasteiger partial charge in [0.15, 0.2) is 0 Å². The zero-order valence-corrected chi connectivity index (χ0v) is 13.4. The first-order chi connectivity index (χ1) is 11.1. The third kappa shape index (κ3) is 3.81. The average Bonchev–Trinajstić information content (AvgIpc) is 3.10. The summed E-state index contributed by atoms with van der Waals surface area (Å²) in [4.78, 5) is 23.6. The van der Waals surface area contributed by atoms with E-state index in [-0.39, 0.29) is 17.4 Å². The highest BCUT2D eigenvalue weighted by atomic mass is 16.2. The summed E-state index contributed by atoms with van der Waals surface area (Å²) in [6.07, 6.45) is 9.03. The van der Waals surface area contributed by atoms with Gasteiger partial charge in [0, 0.05) is 11.2 Å². The van der Waals surface area contributed by atoms with E-state index in [9.17, 15) is 9.59 Å². The molecule has 0 spiro atoms. The number of carbonyl (C=O) groups is 2. The molecule has 0 bridgehead atoms. The summed E-state index contributed by atoms with van der Waals surface area (Å²) in [5.74, 6) is 0.558. The van der Waals surface area contributed by atoms with Crippen molar-refractivity contribution >= 4 is 17.5 Å². The molecule has 23 heavy (non-hydrogen) atoms. The van der Waals surface area contributed by atoms with Crippen molar-refractivity contribution < 1.29 is 9.59 Å². The number of hydrogen-bond donors (Lipinski definition) is 2. The second-order valence-electron chi connectivity index (χ2n) is 6.75. The number of anilines is 1. The van der Waals surface area contributed by atoms with Gasteiger partial charge in [-0.2, -0.15) is 0 Å². The molecule has 3 rings (SSSR count). The molecule has 1 aromatic rings. The summed E-state index contributed by atoms with van der Waals surface area (Å²) in [7, 11) is 0. The monoisotopic (exact) mass is 312 g/mol. The maximum absolute atomic E-state index is 12.3. The molecule has 0 radical (unpaired) electrons. The number of amides is 2. The lowest BCUT2D eigenvalue weighted by Crippen LogP contribution is -2.42. The molecular weight excluding hydrogens is 288 g/mol. The molecule has 2 aliphatic rings. The Balaban J connectivity index is 1.53. The molecule has 1 aromatic carbocycles.